The molecule has 2 atom stereocenters. The Kier molecular flexibility index (Phi) is 6.42. The van der Waals surface area contributed by atoms with E-state index in [9.17, 15) is 9.90 Å². The van der Waals surface area contributed by atoms with Gasteiger partial charge in [-0.05, 0) is 48.5 Å². The molecule has 1 saturated heterocycles. The molecule has 2 heterocycles. The zero-order chi connectivity index (χ0) is 22.6. The molecule has 2 unspecified atom stereocenters. The molecule has 1 fully saturated rings. The Bertz CT molecular complexity index is 1200. The Balaban J connectivity index is 1.58. The molecule has 0 spiro atoms. The number of nitrogens with zero attached hydrogens (tertiary/aromatic N) is 1. The lowest BCUT2D eigenvalue weighted by Crippen LogP contribution is -2.46. The van der Waals surface area contributed by atoms with Gasteiger partial charge >= 0.3 is 5.97 Å². The Morgan fingerprint density at radius 2 is 1.76 bits per heavy atom. The number of likely N-dealkylation sites (tertiary alicyclic amines) is 1. The van der Waals surface area contributed by atoms with E-state index in [1.807, 2.05) is 42.5 Å². The number of fused-ring (bicyclic) bond motifs is 1. The van der Waals surface area contributed by atoms with E-state index in [0.717, 1.165) is 41.1 Å². The normalized spacial score (nSPS) is 17.6. The molecule has 0 amide bonds. The van der Waals surface area contributed by atoms with Crippen LogP contribution in [0.4, 0.5) is 0 Å². The van der Waals surface area contributed by atoms with Gasteiger partial charge in [0, 0.05) is 15.1 Å². The highest BCUT2D eigenvalue weighted by Gasteiger charge is 2.37. The fourth-order valence-corrected chi connectivity index (χ4v) is 5.94. The van der Waals surface area contributed by atoms with E-state index in [1.165, 1.54) is 10.1 Å². The van der Waals surface area contributed by atoms with Gasteiger partial charge in [0.2, 0.25) is 0 Å². The van der Waals surface area contributed by atoms with Gasteiger partial charge in [0.25, 0.3) is 0 Å². The molecule has 1 aliphatic rings. The minimum atomic E-state index is -0.747. The predicted molar refractivity (Wildman–Crippen MR) is 133 cm³/mol. The van der Waals surface area contributed by atoms with Crippen LogP contribution < -0.4 is 4.74 Å². The molecule has 1 N–H and O–H groups in total. The molecule has 33 heavy (non-hydrogen) atoms. The molecule has 4 aromatic rings. The van der Waals surface area contributed by atoms with Crippen LogP contribution in [-0.4, -0.2) is 28.6 Å². The van der Waals surface area contributed by atoms with Crippen LogP contribution in [0.25, 0.3) is 10.1 Å². The number of hydrogen-bond acceptors (Lipinski definition) is 4. The van der Waals surface area contributed by atoms with E-state index in [4.69, 9.17) is 4.74 Å². The second-order valence-electron chi connectivity index (χ2n) is 8.49. The van der Waals surface area contributed by atoms with Crippen molar-refractivity contribution in [2.24, 2.45) is 0 Å². The maximum absolute atomic E-state index is 12.2. The Labute approximate surface area is 198 Å². The molecule has 5 heteroatoms. The van der Waals surface area contributed by atoms with Gasteiger partial charge in [-0.1, -0.05) is 73.2 Å². The molecule has 4 nitrogen and oxygen atoms in total. The lowest BCUT2D eigenvalue weighted by molar-refractivity contribution is -0.145. The van der Waals surface area contributed by atoms with Crippen LogP contribution in [0, 0.1) is 0 Å². The van der Waals surface area contributed by atoms with E-state index in [2.05, 4.69) is 47.4 Å². The van der Waals surface area contributed by atoms with Crippen molar-refractivity contribution in [3.05, 3.63) is 101 Å². The van der Waals surface area contributed by atoms with Crippen LogP contribution >= 0.6 is 11.3 Å². The number of aliphatic carboxylic acids is 1. The van der Waals surface area contributed by atoms with Gasteiger partial charge in [-0.3, -0.25) is 9.69 Å². The topological polar surface area (TPSA) is 49.8 Å². The van der Waals surface area contributed by atoms with Gasteiger partial charge in [-0.25, -0.2) is 0 Å². The SMILES string of the molecule is O=C(O)C1CCCCN1C(c1cc2ccccc2s1)c1ccccc1OCc1ccccc1. The maximum Gasteiger partial charge on any atom is 0.320 e. The molecule has 0 radical (unpaired) electrons. The van der Waals surface area contributed by atoms with Crippen LogP contribution in [0.5, 0.6) is 5.75 Å². The third-order valence-corrected chi connectivity index (χ3v) is 7.49. The summed E-state index contributed by atoms with van der Waals surface area (Å²) in [7, 11) is 0. The van der Waals surface area contributed by atoms with E-state index < -0.39 is 12.0 Å². The zero-order valence-electron chi connectivity index (χ0n) is 18.4. The van der Waals surface area contributed by atoms with Crippen molar-refractivity contribution in [3.63, 3.8) is 0 Å². The highest BCUT2D eigenvalue weighted by Crippen LogP contribution is 2.42. The van der Waals surface area contributed by atoms with Gasteiger partial charge in [0.1, 0.15) is 18.4 Å². The molecule has 0 saturated carbocycles. The van der Waals surface area contributed by atoms with Crippen molar-refractivity contribution < 1.29 is 14.6 Å². The third kappa shape index (κ3) is 4.65. The fourth-order valence-electron chi connectivity index (χ4n) is 4.73. The van der Waals surface area contributed by atoms with Crippen molar-refractivity contribution >= 4 is 27.4 Å². The molecular formula is C28H27NO3S. The first-order valence-corrected chi connectivity index (χ1v) is 12.2. The van der Waals surface area contributed by atoms with Crippen LogP contribution in [0.1, 0.15) is 41.3 Å². The van der Waals surface area contributed by atoms with Gasteiger partial charge in [0.15, 0.2) is 0 Å². The summed E-state index contributed by atoms with van der Waals surface area (Å²) in [6, 6.07) is 28.1. The number of ether oxygens (including phenoxy) is 1. The molecule has 3 aromatic carbocycles. The van der Waals surface area contributed by atoms with E-state index in [0.29, 0.717) is 13.0 Å². The summed E-state index contributed by atoms with van der Waals surface area (Å²) in [6.07, 6.45) is 2.61. The Morgan fingerprint density at radius 1 is 1.00 bits per heavy atom. The summed E-state index contributed by atoms with van der Waals surface area (Å²) in [5, 5.41) is 11.2. The van der Waals surface area contributed by atoms with Gasteiger partial charge in [-0.2, -0.15) is 0 Å². The average molecular weight is 458 g/mol. The van der Waals surface area contributed by atoms with Gasteiger partial charge in [0.05, 0.1) is 6.04 Å². The minimum Gasteiger partial charge on any atom is -0.489 e. The standard InChI is InChI=1S/C28H27NO3S/c30-28(31)23-14-8-9-17-29(23)27(26-18-21-12-4-7-16-25(21)33-26)22-13-5-6-15-24(22)32-19-20-10-2-1-3-11-20/h1-7,10-13,15-16,18,23,27H,8-9,14,17,19H2,(H,30,31). The van der Waals surface area contributed by atoms with Crippen molar-refractivity contribution in [1.82, 2.24) is 4.90 Å². The molecular weight excluding hydrogens is 430 g/mol. The first-order chi connectivity index (χ1) is 16.2. The zero-order valence-corrected chi connectivity index (χ0v) is 19.2. The highest BCUT2D eigenvalue weighted by atomic mass is 32.1. The predicted octanol–water partition coefficient (Wildman–Crippen LogP) is 6.51. The van der Waals surface area contributed by atoms with Crippen LogP contribution in [0.15, 0.2) is 84.9 Å². The first-order valence-electron chi connectivity index (χ1n) is 11.4. The van der Waals surface area contributed by atoms with Gasteiger partial charge < -0.3 is 9.84 Å². The Hall–Kier alpha value is -3.15. The van der Waals surface area contributed by atoms with E-state index in [1.54, 1.807) is 11.3 Å². The van der Waals surface area contributed by atoms with Crippen LogP contribution in [-0.2, 0) is 11.4 Å². The number of thiophene rings is 1. The molecule has 5 rings (SSSR count). The second-order valence-corrected chi connectivity index (χ2v) is 9.60. The number of hydrogen-bond donors (Lipinski definition) is 1. The summed E-state index contributed by atoms with van der Waals surface area (Å²) in [6.45, 7) is 1.22. The van der Waals surface area contributed by atoms with Crippen LogP contribution in [0.2, 0.25) is 0 Å². The molecule has 1 aromatic heterocycles. The number of carboxylic acid groups (broad SMARTS) is 1. The third-order valence-electron chi connectivity index (χ3n) is 6.33. The molecule has 1 aliphatic heterocycles. The van der Waals surface area contributed by atoms with E-state index in [-0.39, 0.29) is 6.04 Å². The number of benzene rings is 3. The van der Waals surface area contributed by atoms with Gasteiger partial charge in [-0.15, -0.1) is 11.3 Å². The summed E-state index contributed by atoms with van der Waals surface area (Å²) >= 11 is 1.74. The van der Waals surface area contributed by atoms with E-state index >= 15 is 0 Å². The number of carboxylic acids is 1. The van der Waals surface area contributed by atoms with Crippen molar-refractivity contribution in [2.75, 3.05) is 6.54 Å². The lowest BCUT2D eigenvalue weighted by Gasteiger charge is -2.39. The number of piperidine rings is 1. The number of carbonyl (C=O) groups is 1. The largest absolute Gasteiger partial charge is 0.489 e. The summed E-state index contributed by atoms with van der Waals surface area (Å²) in [5.41, 5.74) is 2.13. The fraction of sp³-hybridized carbons (Fsp3) is 0.250. The number of para-hydroxylation sites is 1. The average Bonchev–Trinajstić information content (AvgIpc) is 3.28. The monoisotopic (exact) mass is 457 g/mol. The van der Waals surface area contributed by atoms with Crippen molar-refractivity contribution in [2.45, 2.75) is 38.0 Å². The van der Waals surface area contributed by atoms with Crippen molar-refractivity contribution in [1.29, 1.82) is 0 Å². The molecule has 168 valence electrons. The highest BCUT2D eigenvalue weighted by molar-refractivity contribution is 7.19. The first kappa shape index (κ1) is 21.7. The lowest BCUT2D eigenvalue weighted by atomic mass is 9.94. The van der Waals surface area contributed by atoms with Crippen LogP contribution in [0.3, 0.4) is 0 Å². The summed E-state index contributed by atoms with van der Waals surface area (Å²) < 4.78 is 7.53. The molecule has 0 bridgehead atoms. The molecule has 0 aliphatic carbocycles. The Morgan fingerprint density at radius 3 is 2.58 bits per heavy atom. The minimum absolute atomic E-state index is 0.171. The maximum atomic E-state index is 12.2. The number of rotatable bonds is 7. The van der Waals surface area contributed by atoms with Crippen molar-refractivity contribution in [3.8, 4) is 5.75 Å². The smallest absolute Gasteiger partial charge is 0.320 e. The summed E-state index contributed by atoms with van der Waals surface area (Å²) in [4.78, 5) is 15.6. The quantitative estimate of drug-likeness (QED) is 0.344. The summed E-state index contributed by atoms with van der Waals surface area (Å²) in [5.74, 6) is 0.0574. The second kappa shape index (κ2) is 9.77.